The quantitative estimate of drug-likeness (QED) is 0.641. The van der Waals surface area contributed by atoms with E-state index in [0.29, 0.717) is 21.6 Å². The van der Waals surface area contributed by atoms with Crippen LogP contribution in [0.3, 0.4) is 0 Å². The van der Waals surface area contributed by atoms with E-state index in [1.165, 1.54) is 0 Å². The van der Waals surface area contributed by atoms with E-state index in [9.17, 15) is 4.79 Å². The van der Waals surface area contributed by atoms with Crippen LogP contribution in [-0.2, 0) is 15.4 Å². The molecule has 0 spiro atoms. The summed E-state index contributed by atoms with van der Waals surface area (Å²) >= 11 is 12.4. The van der Waals surface area contributed by atoms with Gasteiger partial charge in [0.25, 0.3) is 5.72 Å². The van der Waals surface area contributed by atoms with E-state index in [1.807, 2.05) is 53.4 Å². The molecular weight excluding hydrogens is 409 g/mol. The van der Waals surface area contributed by atoms with Crippen molar-refractivity contribution in [2.24, 2.45) is 5.16 Å². The number of nitrogens with one attached hydrogen (secondary N) is 1. The molecule has 0 aliphatic carbocycles. The van der Waals surface area contributed by atoms with Crippen LogP contribution in [0.5, 0.6) is 0 Å². The molecule has 0 fully saturated rings. The third kappa shape index (κ3) is 2.85. The number of amidine groups is 1. The number of benzene rings is 3. The summed E-state index contributed by atoms with van der Waals surface area (Å²) in [6, 6.07) is 22.3. The highest BCUT2D eigenvalue weighted by atomic mass is 35.5. The normalized spacial score (nSPS) is 20.1. The Balaban J connectivity index is 1.76. The van der Waals surface area contributed by atoms with Gasteiger partial charge in [0.1, 0.15) is 6.54 Å². The zero-order valence-corrected chi connectivity index (χ0v) is 16.6. The number of carbonyl (C=O) groups is 1. The number of anilines is 1. The van der Waals surface area contributed by atoms with Crippen LogP contribution in [0.1, 0.15) is 16.7 Å². The molecule has 1 amide bonds. The maximum absolute atomic E-state index is 12.8. The van der Waals surface area contributed by atoms with E-state index in [0.717, 1.165) is 16.7 Å². The number of amides is 1. The second kappa shape index (κ2) is 6.79. The second-order valence-electron chi connectivity index (χ2n) is 6.85. The number of hydrogen-bond donors (Lipinski definition) is 1. The van der Waals surface area contributed by atoms with Crippen molar-refractivity contribution < 1.29 is 9.63 Å². The highest BCUT2D eigenvalue weighted by Crippen LogP contribution is 2.47. The van der Waals surface area contributed by atoms with Crippen LogP contribution in [0.25, 0.3) is 0 Å². The third-order valence-electron chi connectivity index (χ3n) is 5.09. The van der Waals surface area contributed by atoms with Crippen LogP contribution >= 0.6 is 23.2 Å². The van der Waals surface area contributed by atoms with E-state index < -0.39 is 5.72 Å². The summed E-state index contributed by atoms with van der Waals surface area (Å²) in [7, 11) is 0. The molecule has 1 atom stereocenters. The highest BCUT2D eigenvalue weighted by molar-refractivity contribution is 6.31. The van der Waals surface area contributed by atoms with Crippen molar-refractivity contribution in [1.29, 1.82) is 0 Å². The van der Waals surface area contributed by atoms with Crippen molar-refractivity contribution in [3.63, 3.8) is 0 Å². The van der Waals surface area contributed by atoms with Gasteiger partial charge in [-0.2, -0.15) is 0 Å². The van der Waals surface area contributed by atoms with E-state index >= 15 is 0 Å². The summed E-state index contributed by atoms with van der Waals surface area (Å²) in [6.07, 6.45) is 0. The number of carbonyl (C=O) groups excluding carboxylic acids is 1. The SMILES string of the molecule is O=C1CN2C(c3ccc(Cl)cc3)=NOC2(c2ccccc2)c2cc(Cl)ccc2N1. The van der Waals surface area contributed by atoms with Crippen LogP contribution in [-0.4, -0.2) is 23.2 Å². The number of rotatable bonds is 2. The summed E-state index contributed by atoms with van der Waals surface area (Å²) in [6.45, 7) is 0.0582. The Hall–Kier alpha value is -3.02. The molecular formula is C22H15Cl2N3O2. The Morgan fingerprint density at radius 2 is 1.69 bits per heavy atom. The summed E-state index contributed by atoms with van der Waals surface area (Å²) in [5.41, 5.74) is 1.86. The van der Waals surface area contributed by atoms with Gasteiger partial charge in [0.05, 0.1) is 5.69 Å². The minimum Gasteiger partial charge on any atom is -0.355 e. The van der Waals surface area contributed by atoms with Gasteiger partial charge in [-0.15, -0.1) is 0 Å². The monoisotopic (exact) mass is 423 g/mol. The largest absolute Gasteiger partial charge is 0.355 e. The molecule has 3 aromatic carbocycles. The van der Waals surface area contributed by atoms with Gasteiger partial charge in [-0.25, -0.2) is 0 Å². The number of nitrogens with zero attached hydrogens (tertiary/aromatic N) is 2. The molecule has 2 aliphatic rings. The molecule has 5 nitrogen and oxygen atoms in total. The van der Waals surface area contributed by atoms with Crippen molar-refractivity contribution >= 4 is 40.6 Å². The average Bonchev–Trinajstić information content (AvgIpc) is 3.04. The number of oxime groups is 1. The highest BCUT2D eigenvalue weighted by Gasteiger charge is 2.53. The second-order valence-corrected chi connectivity index (χ2v) is 7.72. The lowest BCUT2D eigenvalue weighted by molar-refractivity contribution is -0.121. The predicted molar refractivity (Wildman–Crippen MR) is 113 cm³/mol. The molecule has 1 unspecified atom stereocenters. The minimum absolute atomic E-state index is 0.0582. The van der Waals surface area contributed by atoms with Crippen LogP contribution < -0.4 is 5.32 Å². The first-order valence-electron chi connectivity index (χ1n) is 9.03. The molecule has 0 radical (unpaired) electrons. The maximum Gasteiger partial charge on any atom is 0.265 e. The van der Waals surface area contributed by atoms with Gasteiger partial charge in [-0.1, -0.05) is 58.7 Å². The zero-order valence-electron chi connectivity index (χ0n) is 15.1. The van der Waals surface area contributed by atoms with Gasteiger partial charge in [0, 0.05) is 26.7 Å². The lowest BCUT2D eigenvalue weighted by Crippen LogP contribution is -2.48. The molecule has 0 saturated carbocycles. The molecule has 0 bridgehead atoms. The van der Waals surface area contributed by atoms with Crippen LogP contribution in [0.4, 0.5) is 5.69 Å². The Bertz CT molecular complexity index is 1130. The predicted octanol–water partition coefficient (Wildman–Crippen LogP) is 4.84. The first-order valence-corrected chi connectivity index (χ1v) is 9.79. The van der Waals surface area contributed by atoms with Gasteiger partial charge in [0.2, 0.25) is 5.91 Å². The van der Waals surface area contributed by atoms with E-state index in [2.05, 4.69) is 10.5 Å². The fraction of sp³-hybridized carbons (Fsp3) is 0.0909. The van der Waals surface area contributed by atoms with E-state index in [-0.39, 0.29) is 12.5 Å². The minimum atomic E-state index is -1.13. The molecule has 1 N–H and O–H groups in total. The lowest BCUT2D eigenvalue weighted by atomic mass is 9.91. The summed E-state index contributed by atoms with van der Waals surface area (Å²) in [4.78, 5) is 20.8. The van der Waals surface area contributed by atoms with Crippen molar-refractivity contribution in [3.05, 3.63) is 99.5 Å². The van der Waals surface area contributed by atoms with Gasteiger partial charge in [-0.05, 0) is 42.5 Å². The maximum atomic E-state index is 12.8. The number of halogens is 2. The van der Waals surface area contributed by atoms with Crippen LogP contribution in [0.2, 0.25) is 10.0 Å². The Kier molecular flexibility index (Phi) is 4.23. The standard InChI is InChI=1S/C22H15Cl2N3O2/c23-16-8-6-14(7-9-16)21-26-29-22(15-4-2-1-3-5-15)18-12-17(24)10-11-19(18)25-20(28)13-27(21)22/h1-12H,13H2,(H,25,28). The molecule has 0 aromatic heterocycles. The van der Waals surface area contributed by atoms with E-state index in [4.69, 9.17) is 28.0 Å². The molecule has 3 aromatic rings. The third-order valence-corrected chi connectivity index (χ3v) is 5.58. The zero-order chi connectivity index (χ0) is 20.0. The molecule has 29 heavy (non-hydrogen) atoms. The van der Waals surface area contributed by atoms with Gasteiger partial charge < -0.3 is 10.2 Å². The Labute approximate surface area is 177 Å². The van der Waals surface area contributed by atoms with Gasteiger partial charge in [-0.3, -0.25) is 9.69 Å². The topological polar surface area (TPSA) is 53.9 Å². The van der Waals surface area contributed by atoms with Gasteiger partial charge in [0.15, 0.2) is 5.84 Å². The summed E-state index contributed by atoms with van der Waals surface area (Å²) in [5.74, 6) is 0.382. The summed E-state index contributed by atoms with van der Waals surface area (Å²) < 4.78 is 0. The molecule has 5 rings (SSSR count). The fourth-order valence-corrected chi connectivity index (χ4v) is 4.11. The van der Waals surface area contributed by atoms with Crippen molar-refractivity contribution in [2.75, 3.05) is 11.9 Å². The number of fused-ring (bicyclic) bond motifs is 3. The molecule has 0 saturated heterocycles. The smallest absolute Gasteiger partial charge is 0.265 e. The van der Waals surface area contributed by atoms with Crippen molar-refractivity contribution in [1.82, 2.24) is 4.90 Å². The first-order chi connectivity index (χ1) is 14.1. The fourth-order valence-electron chi connectivity index (χ4n) is 3.81. The van der Waals surface area contributed by atoms with Crippen molar-refractivity contribution in [2.45, 2.75) is 5.72 Å². The first kappa shape index (κ1) is 18.0. The molecule has 2 heterocycles. The molecule has 144 valence electrons. The van der Waals surface area contributed by atoms with Crippen molar-refractivity contribution in [3.8, 4) is 0 Å². The average molecular weight is 424 g/mol. The Morgan fingerprint density at radius 1 is 0.966 bits per heavy atom. The van der Waals surface area contributed by atoms with Crippen LogP contribution in [0.15, 0.2) is 78.0 Å². The number of hydrogen-bond acceptors (Lipinski definition) is 4. The van der Waals surface area contributed by atoms with Crippen LogP contribution in [0, 0.1) is 0 Å². The summed E-state index contributed by atoms with van der Waals surface area (Å²) in [5, 5.41) is 8.53. The molecule has 2 aliphatic heterocycles. The van der Waals surface area contributed by atoms with E-state index in [1.54, 1.807) is 24.3 Å². The lowest BCUT2D eigenvalue weighted by Gasteiger charge is -2.36. The van der Waals surface area contributed by atoms with Gasteiger partial charge >= 0.3 is 0 Å². The molecule has 7 heteroatoms. The Morgan fingerprint density at radius 3 is 2.45 bits per heavy atom.